The Balaban J connectivity index is 2.45. The first-order valence-corrected chi connectivity index (χ1v) is 9.71. The van der Waals surface area contributed by atoms with Crippen molar-refractivity contribution in [3.8, 4) is 0 Å². The molecule has 0 aromatic heterocycles. The first kappa shape index (κ1) is 18.9. The topological polar surface area (TPSA) is 77.5 Å². The molecule has 0 radical (unpaired) electrons. The zero-order chi connectivity index (χ0) is 18.6. The van der Waals surface area contributed by atoms with Crippen LogP contribution in [0.4, 0.5) is 0 Å². The number of hydrogen-bond donors (Lipinski definition) is 0. The van der Waals surface area contributed by atoms with Gasteiger partial charge in [-0.1, -0.05) is 36.4 Å². The number of ketones is 1. The Labute approximate surface area is 147 Å². The Morgan fingerprint density at radius 1 is 1.04 bits per heavy atom. The maximum absolute atomic E-state index is 12.9. The van der Waals surface area contributed by atoms with E-state index in [4.69, 9.17) is 4.74 Å². The van der Waals surface area contributed by atoms with Gasteiger partial charge in [0.05, 0.1) is 11.5 Å². The third-order valence-corrected chi connectivity index (χ3v) is 4.98. The van der Waals surface area contributed by atoms with Crippen molar-refractivity contribution in [3.05, 3.63) is 65.2 Å². The lowest BCUT2D eigenvalue weighted by Crippen LogP contribution is -2.25. The van der Waals surface area contributed by atoms with Crippen LogP contribution in [0.5, 0.6) is 0 Å². The number of hydrogen-bond acceptors (Lipinski definition) is 5. The fraction of sp³-hybridized carbons (Fsp3) is 0.263. The van der Waals surface area contributed by atoms with Crippen LogP contribution in [0.1, 0.15) is 34.3 Å². The summed E-state index contributed by atoms with van der Waals surface area (Å²) in [6.07, 6.45) is 1.10. The highest BCUT2D eigenvalue weighted by molar-refractivity contribution is 7.90. The molecule has 2 aromatic rings. The Hall–Kier alpha value is -2.47. The highest BCUT2D eigenvalue weighted by atomic mass is 32.2. The van der Waals surface area contributed by atoms with Gasteiger partial charge in [-0.2, -0.15) is 0 Å². The van der Waals surface area contributed by atoms with Gasteiger partial charge in [-0.25, -0.2) is 8.42 Å². The molecule has 0 aliphatic heterocycles. The molecule has 25 heavy (non-hydrogen) atoms. The first-order chi connectivity index (χ1) is 11.8. The van der Waals surface area contributed by atoms with Crippen LogP contribution in [0.15, 0.2) is 53.4 Å². The number of carbonyl (C=O) groups excluding carboxylic acids is 2. The van der Waals surface area contributed by atoms with Gasteiger partial charge in [0.15, 0.2) is 15.6 Å². The van der Waals surface area contributed by atoms with E-state index in [1.54, 1.807) is 19.1 Å². The lowest BCUT2D eigenvalue weighted by molar-refractivity contribution is -0.143. The summed E-state index contributed by atoms with van der Waals surface area (Å²) >= 11 is 0. The molecule has 2 aromatic carbocycles. The van der Waals surface area contributed by atoms with Gasteiger partial charge in [0, 0.05) is 11.8 Å². The summed E-state index contributed by atoms with van der Waals surface area (Å²) in [7, 11) is -3.35. The van der Waals surface area contributed by atoms with Crippen LogP contribution >= 0.6 is 0 Å². The number of aryl methyl sites for hydroxylation is 1. The Bertz CT molecular complexity index is 882. The van der Waals surface area contributed by atoms with Crippen molar-refractivity contribution in [2.45, 2.75) is 24.7 Å². The molecule has 2 rings (SSSR count). The van der Waals surface area contributed by atoms with E-state index in [1.165, 1.54) is 24.3 Å². The third-order valence-electron chi connectivity index (χ3n) is 3.85. The number of esters is 1. The molecule has 6 heteroatoms. The molecule has 0 spiro atoms. The zero-order valence-corrected chi connectivity index (χ0v) is 15.2. The van der Waals surface area contributed by atoms with Crippen molar-refractivity contribution in [2.75, 3.05) is 12.9 Å². The summed E-state index contributed by atoms with van der Waals surface area (Å²) in [5.41, 5.74) is 1.65. The number of benzene rings is 2. The van der Waals surface area contributed by atoms with Gasteiger partial charge in [0.25, 0.3) is 0 Å². The van der Waals surface area contributed by atoms with Gasteiger partial charge in [-0.15, -0.1) is 0 Å². The van der Waals surface area contributed by atoms with Gasteiger partial charge >= 0.3 is 5.97 Å². The van der Waals surface area contributed by atoms with Crippen molar-refractivity contribution in [3.63, 3.8) is 0 Å². The van der Waals surface area contributed by atoms with E-state index in [1.807, 2.05) is 19.1 Å². The Morgan fingerprint density at radius 3 is 2.16 bits per heavy atom. The lowest BCUT2D eigenvalue weighted by atomic mass is 9.88. The fourth-order valence-corrected chi connectivity index (χ4v) is 3.18. The number of rotatable bonds is 6. The highest BCUT2D eigenvalue weighted by Crippen LogP contribution is 2.26. The molecule has 0 aliphatic rings. The quantitative estimate of drug-likeness (QED) is 0.450. The predicted molar refractivity (Wildman–Crippen MR) is 94.4 cm³/mol. The smallest absolute Gasteiger partial charge is 0.321 e. The summed E-state index contributed by atoms with van der Waals surface area (Å²) in [5, 5.41) is 0. The van der Waals surface area contributed by atoms with E-state index < -0.39 is 27.5 Å². The largest absolute Gasteiger partial charge is 0.465 e. The summed E-state index contributed by atoms with van der Waals surface area (Å²) < 4.78 is 28.2. The van der Waals surface area contributed by atoms with Crippen LogP contribution in [0.25, 0.3) is 0 Å². The van der Waals surface area contributed by atoms with Crippen LogP contribution in [-0.4, -0.2) is 33.0 Å². The molecule has 1 unspecified atom stereocenters. The lowest BCUT2D eigenvalue weighted by Gasteiger charge is -2.17. The standard InChI is InChI=1S/C19H20O5S/c1-4-24-19(21)17(16-8-6-5-7-13(16)2)18(20)14-9-11-15(12-10-14)25(3,22)23/h5-12,17H,4H2,1-3H3. The van der Waals surface area contributed by atoms with E-state index >= 15 is 0 Å². The monoisotopic (exact) mass is 360 g/mol. The Morgan fingerprint density at radius 2 is 1.64 bits per heavy atom. The molecule has 0 fully saturated rings. The number of ether oxygens (including phenoxy) is 1. The molecule has 132 valence electrons. The van der Waals surface area contributed by atoms with Crippen LogP contribution in [0, 0.1) is 6.92 Å². The average molecular weight is 360 g/mol. The number of Topliss-reactive ketones (excluding diaryl/α,β-unsaturated/α-hetero) is 1. The minimum absolute atomic E-state index is 0.118. The van der Waals surface area contributed by atoms with Crippen LogP contribution in [0.2, 0.25) is 0 Å². The van der Waals surface area contributed by atoms with Gasteiger partial charge in [0.2, 0.25) is 0 Å². The van der Waals surface area contributed by atoms with Gasteiger partial charge in [0.1, 0.15) is 5.92 Å². The van der Waals surface area contributed by atoms with Crippen molar-refractivity contribution >= 4 is 21.6 Å². The van der Waals surface area contributed by atoms with Crippen molar-refractivity contribution in [2.24, 2.45) is 0 Å². The first-order valence-electron chi connectivity index (χ1n) is 7.82. The molecule has 0 N–H and O–H groups in total. The van der Waals surface area contributed by atoms with Crippen LogP contribution in [0.3, 0.4) is 0 Å². The predicted octanol–water partition coefficient (Wildman–Crippen LogP) is 2.93. The maximum atomic E-state index is 12.9. The average Bonchev–Trinajstić information content (AvgIpc) is 2.56. The van der Waals surface area contributed by atoms with E-state index in [9.17, 15) is 18.0 Å². The molecule has 5 nitrogen and oxygen atoms in total. The molecule has 0 bridgehead atoms. The van der Waals surface area contributed by atoms with Crippen molar-refractivity contribution in [1.82, 2.24) is 0 Å². The highest BCUT2D eigenvalue weighted by Gasteiger charge is 2.31. The minimum atomic E-state index is -3.35. The molecule has 0 aliphatic carbocycles. The van der Waals surface area contributed by atoms with Crippen LogP contribution < -0.4 is 0 Å². The van der Waals surface area contributed by atoms with Crippen LogP contribution in [-0.2, 0) is 19.4 Å². The molecular weight excluding hydrogens is 340 g/mol. The maximum Gasteiger partial charge on any atom is 0.321 e. The summed E-state index contributed by atoms with van der Waals surface area (Å²) in [4.78, 5) is 25.4. The summed E-state index contributed by atoms with van der Waals surface area (Å²) in [6, 6.07) is 12.7. The van der Waals surface area contributed by atoms with Crippen molar-refractivity contribution in [1.29, 1.82) is 0 Å². The van der Waals surface area contributed by atoms with E-state index in [0.29, 0.717) is 5.56 Å². The van der Waals surface area contributed by atoms with Gasteiger partial charge < -0.3 is 4.74 Å². The van der Waals surface area contributed by atoms with E-state index in [0.717, 1.165) is 11.8 Å². The molecule has 0 amide bonds. The zero-order valence-electron chi connectivity index (χ0n) is 14.4. The Kier molecular flexibility index (Phi) is 5.74. The number of sulfone groups is 1. The number of carbonyl (C=O) groups is 2. The molecule has 0 heterocycles. The summed E-state index contributed by atoms with van der Waals surface area (Å²) in [6.45, 7) is 3.67. The van der Waals surface area contributed by atoms with E-state index in [2.05, 4.69) is 0 Å². The summed E-state index contributed by atoms with van der Waals surface area (Å²) in [5.74, 6) is -2.12. The van der Waals surface area contributed by atoms with E-state index in [-0.39, 0.29) is 17.1 Å². The molecule has 0 saturated heterocycles. The second kappa shape index (κ2) is 7.61. The van der Waals surface area contributed by atoms with Crippen molar-refractivity contribution < 1.29 is 22.7 Å². The third kappa shape index (κ3) is 4.33. The van der Waals surface area contributed by atoms with Gasteiger partial charge in [-0.05, 0) is 37.1 Å². The van der Waals surface area contributed by atoms with Gasteiger partial charge in [-0.3, -0.25) is 9.59 Å². The second-order valence-corrected chi connectivity index (χ2v) is 7.72. The second-order valence-electron chi connectivity index (χ2n) is 5.70. The molecule has 1 atom stereocenters. The minimum Gasteiger partial charge on any atom is -0.465 e. The molecule has 0 saturated carbocycles. The SMILES string of the molecule is CCOC(=O)C(C(=O)c1ccc(S(C)(=O)=O)cc1)c1ccccc1C. The molecular formula is C19H20O5S. The normalized spacial score (nSPS) is 12.4. The fourth-order valence-electron chi connectivity index (χ4n) is 2.54.